The van der Waals surface area contributed by atoms with E-state index in [0.29, 0.717) is 0 Å². The van der Waals surface area contributed by atoms with Gasteiger partial charge in [0.05, 0.1) is 0 Å². The van der Waals surface area contributed by atoms with Crippen molar-refractivity contribution in [3.8, 4) is 5.75 Å². The van der Waals surface area contributed by atoms with Gasteiger partial charge in [-0.25, -0.2) is 0 Å². The molecular formula is C22H38O2Sn. The Labute approximate surface area is 159 Å². The fourth-order valence-electron chi connectivity index (χ4n) is 3.90. The van der Waals surface area contributed by atoms with Gasteiger partial charge in [0.15, 0.2) is 0 Å². The van der Waals surface area contributed by atoms with Gasteiger partial charge in [-0.1, -0.05) is 0 Å². The van der Waals surface area contributed by atoms with E-state index in [1.54, 1.807) is 7.11 Å². The number of unbranched alkanes of at least 4 members (excludes halogenated alkanes) is 3. The standard InChI is InChI=1S/C10H11O2.3C4H9.Sn/c1-12-10-7-3-2-5-9(10)6-4-8-11;3*1-3-4-2;/h2-5,7,11H,8H2,1H3;3*1,3-4H2,2H3;. The van der Waals surface area contributed by atoms with E-state index in [2.05, 4.69) is 45.0 Å². The van der Waals surface area contributed by atoms with Gasteiger partial charge >= 0.3 is 160 Å². The molecule has 0 heterocycles. The zero-order valence-corrected chi connectivity index (χ0v) is 19.7. The number of hydrogen-bond acceptors (Lipinski definition) is 2. The predicted octanol–water partition coefficient (Wildman–Crippen LogP) is 6.46. The van der Waals surface area contributed by atoms with Crippen molar-refractivity contribution in [3.05, 3.63) is 35.9 Å². The van der Waals surface area contributed by atoms with Crippen LogP contribution in [0.1, 0.15) is 64.9 Å². The first-order valence-electron chi connectivity index (χ1n) is 10.1. The third-order valence-electron chi connectivity index (χ3n) is 5.29. The summed E-state index contributed by atoms with van der Waals surface area (Å²) in [5, 5.41) is 9.82. The maximum absolute atomic E-state index is 9.82. The van der Waals surface area contributed by atoms with E-state index in [1.165, 1.54) is 61.0 Å². The van der Waals surface area contributed by atoms with Crippen molar-refractivity contribution in [3.63, 3.8) is 0 Å². The van der Waals surface area contributed by atoms with Gasteiger partial charge in [-0.2, -0.15) is 0 Å². The van der Waals surface area contributed by atoms with Gasteiger partial charge in [0, 0.05) is 0 Å². The fourth-order valence-corrected chi connectivity index (χ4v) is 20.9. The average Bonchev–Trinajstić information content (AvgIpc) is 2.66. The van der Waals surface area contributed by atoms with Crippen LogP contribution in [0.5, 0.6) is 5.75 Å². The quantitative estimate of drug-likeness (QED) is 0.348. The van der Waals surface area contributed by atoms with E-state index in [4.69, 9.17) is 4.74 Å². The van der Waals surface area contributed by atoms with Crippen LogP contribution in [0.4, 0.5) is 0 Å². The van der Waals surface area contributed by atoms with Gasteiger partial charge in [0.2, 0.25) is 0 Å². The van der Waals surface area contributed by atoms with Crippen molar-refractivity contribution >= 4 is 22.0 Å². The summed E-state index contributed by atoms with van der Waals surface area (Å²) >= 11 is -2.61. The normalized spacial score (nSPS) is 12.4. The first-order chi connectivity index (χ1) is 12.2. The van der Waals surface area contributed by atoms with E-state index in [1.807, 2.05) is 6.07 Å². The third kappa shape index (κ3) is 6.63. The van der Waals surface area contributed by atoms with Crippen molar-refractivity contribution in [2.45, 2.75) is 72.6 Å². The molecule has 0 radical (unpaired) electrons. The van der Waals surface area contributed by atoms with Gasteiger partial charge in [-0.3, -0.25) is 0 Å². The third-order valence-corrected chi connectivity index (χ3v) is 21.1. The summed E-state index contributed by atoms with van der Waals surface area (Å²) in [5.74, 6) is 0.966. The van der Waals surface area contributed by atoms with Crippen LogP contribution in [0.2, 0.25) is 13.3 Å². The predicted molar refractivity (Wildman–Crippen MR) is 113 cm³/mol. The molecule has 0 aliphatic carbocycles. The van der Waals surface area contributed by atoms with Gasteiger partial charge < -0.3 is 0 Å². The summed E-state index contributed by atoms with van der Waals surface area (Å²) in [6, 6.07) is 8.42. The van der Waals surface area contributed by atoms with Crippen molar-refractivity contribution < 1.29 is 9.84 Å². The second-order valence-corrected chi connectivity index (χ2v) is 20.2. The Bertz CT molecular complexity index is 489. The van der Waals surface area contributed by atoms with E-state index in [9.17, 15) is 5.11 Å². The molecule has 142 valence electrons. The molecule has 1 aromatic rings. The van der Waals surface area contributed by atoms with Gasteiger partial charge in [-0.05, 0) is 0 Å². The monoisotopic (exact) mass is 454 g/mol. The Balaban J connectivity index is 3.42. The molecule has 0 spiro atoms. The zero-order chi connectivity index (χ0) is 18.5. The SMILES string of the molecule is CCC[CH2][Sn]([CH2]CCC)([CH2]CCC)/[C](=C/CO)c1ccccc1OC. The number of aliphatic hydroxyl groups excluding tert-OH is 1. The average molecular weight is 453 g/mol. The van der Waals surface area contributed by atoms with Gasteiger partial charge in [0.1, 0.15) is 0 Å². The van der Waals surface area contributed by atoms with Crippen molar-refractivity contribution in [2.75, 3.05) is 13.7 Å². The molecule has 0 fully saturated rings. The van der Waals surface area contributed by atoms with Gasteiger partial charge in [0.25, 0.3) is 0 Å². The van der Waals surface area contributed by atoms with Crippen molar-refractivity contribution in [1.82, 2.24) is 0 Å². The number of para-hydroxylation sites is 1. The summed E-state index contributed by atoms with van der Waals surface area (Å²) in [5.41, 5.74) is 1.25. The van der Waals surface area contributed by atoms with Crippen molar-refractivity contribution in [1.29, 1.82) is 0 Å². The Morgan fingerprint density at radius 2 is 1.48 bits per heavy atom. The molecule has 0 aliphatic heterocycles. The Morgan fingerprint density at radius 3 is 1.92 bits per heavy atom. The molecule has 0 aliphatic rings. The first-order valence-corrected chi connectivity index (χ1v) is 17.6. The number of methoxy groups -OCH3 is 1. The van der Waals surface area contributed by atoms with Crippen LogP contribution >= 0.6 is 0 Å². The number of aliphatic hydroxyl groups is 1. The second kappa shape index (κ2) is 12.8. The molecule has 2 nitrogen and oxygen atoms in total. The fraction of sp³-hybridized carbons (Fsp3) is 0.636. The minimum atomic E-state index is -2.61. The Morgan fingerprint density at radius 1 is 0.960 bits per heavy atom. The molecule has 1 aromatic carbocycles. The Kier molecular flexibility index (Phi) is 11.6. The number of rotatable bonds is 13. The van der Waals surface area contributed by atoms with Crippen LogP contribution in [0.25, 0.3) is 3.59 Å². The zero-order valence-electron chi connectivity index (χ0n) is 16.8. The van der Waals surface area contributed by atoms with Crippen LogP contribution in [0.3, 0.4) is 0 Å². The van der Waals surface area contributed by atoms with Crippen LogP contribution < -0.4 is 4.74 Å². The molecule has 0 atom stereocenters. The molecule has 0 unspecified atom stereocenters. The summed E-state index contributed by atoms with van der Waals surface area (Å²) in [7, 11) is 1.76. The maximum atomic E-state index is 9.82. The molecule has 1 N–H and O–H groups in total. The van der Waals surface area contributed by atoms with Crippen LogP contribution in [0.15, 0.2) is 30.3 Å². The molecular weight excluding hydrogens is 415 g/mol. The molecule has 3 heteroatoms. The second-order valence-electron chi connectivity index (χ2n) is 7.09. The minimum absolute atomic E-state index is 0.135. The van der Waals surface area contributed by atoms with E-state index < -0.39 is 18.4 Å². The number of benzene rings is 1. The summed E-state index contributed by atoms with van der Waals surface area (Å²) in [4.78, 5) is 0. The number of ether oxygens (including phenoxy) is 1. The summed E-state index contributed by atoms with van der Waals surface area (Å²) in [6.45, 7) is 7.04. The van der Waals surface area contributed by atoms with Gasteiger partial charge in [-0.15, -0.1) is 0 Å². The molecule has 0 bridgehead atoms. The molecule has 0 amide bonds. The molecule has 0 aromatic heterocycles. The summed E-state index contributed by atoms with van der Waals surface area (Å²) < 4.78 is 11.4. The van der Waals surface area contributed by atoms with E-state index >= 15 is 0 Å². The first kappa shape index (κ1) is 22.6. The van der Waals surface area contributed by atoms with Crippen LogP contribution in [-0.2, 0) is 0 Å². The summed E-state index contributed by atoms with van der Waals surface area (Å²) in [6.07, 6.45) is 9.87. The van der Waals surface area contributed by atoms with Crippen LogP contribution in [-0.4, -0.2) is 37.2 Å². The molecule has 25 heavy (non-hydrogen) atoms. The van der Waals surface area contributed by atoms with Crippen LogP contribution in [0, 0.1) is 0 Å². The molecule has 0 saturated heterocycles. The number of hydrogen-bond donors (Lipinski definition) is 1. The topological polar surface area (TPSA) is 29.5 Å². The molecule has 0 saturated carbocycles. The van der Waals surface area contributed by atoms with E-state index in [-0.39, 0.29) is 6.61 Å². The van der Waals surface area contributed by atoms with Crippen molar-refractivity contribution in [2.24, 2.45) is 0 Å². The van der Waals surface area contributed by atoms with E-state index in [0.717, 1.165) is 5.75 Å². The Hall–Kier alpha value is -0.481. The molecule has 1 rings (SSSR count).